The fourth-order valence-electron chi connectivity index (χ4n) is 1.28. The molecule has 1 aromatic heterocycles. The average Bonchev–Trinajstić information content (AvgIpc) is 2.05. The number of aromatic nitrogens is 1. The molecule has 0 aliphatic carbocycles. The van der Waals surface area contributed by atoms with Crippen LogP contribution in [-0.4, -0.2) is 4.98 Å². The number of rotatable bonds is 3. The molecule has 1 rings (SSSR count). The van der Waals surface area contributed by atoms with Crippen molar-refractivity contribution in [3.05, 3.63) is 29.6 Å². The monoisotopic (exact) mass is 164 g/mol. The van der Waals surface area contributed by atoms with Crippen LogP contribution in [0.15, 0.2) is 18.3 Å². The summed E-state index contributed by atoms with van der Waals surface area (Å²) in [6.45, 7) is 4.13. The average molecular weight is 164 g/mol. The molecule has 1 atom stereocenters. The van der Waals surface area contributed by atoms with E-state index >= 15 is 0 Å². The minimum Gasteiger partial charge on any atom is -0.324 e. The Morgan fingerprint density at radius 3 is 2.92 bits per heavy atom. The van der Waals surface area contributed by atoms with Crippen molar-refractivity contribution in [2.75, 3.05) is 0 Å². The molecule has 1 aromatic rings. The highest BCUT2D eigenvalue weighted by Gasteiger charge is 2.03. The summed E-state index contributed by atoms with van der Waals surface area (Å²) in [6, 6.07) is 4.23. The van der Waals surface area contributed by atoms with Gasteiger partial charge in [-0.05, 0) is 31.0 Å². The summed E-state index contributed by atoms with van der Waals surface area (Å²) in [5, 5.41) is 0. The lowest BCUT2D eigenvalue weighted by Crippen LogP contribution is -2.09. The lowest BCUT2D eigenvalue weighted by molar-refractivity contribution is 0.637. The molecule has 0 bridgehead atoms. The molecule has 66 valence electrons. The van der Waals surface area contributed by atoms with Gasteiger partial charge in [0.1, 0.15) is 0 Å². The molecule has 0 aromatic carbocycles. The zero-order valence-electron chi connectivity index (χ0n) is 7.75. The maximum absolute atomic E-state index is 5.95. The van der Waals surface area contributed by atoms with Gasteiger partial charge in [-0.3, -0.25) is 4.98 Å². The maximum Gasteiger partial charge on any atom is 0.0375 e. The maximum atomic E-state index is 5.95. The zero-order chi connectivity index (χ0) is 8.97. The molecule has 1 unspecified atom stereocenters. The highest BCUT2D eigenvalue weighted by atomic mass is 14.7. The number of pyridine rings is 1. The summed E-state index contributed by atoms with van der Waals surface area (Å²) in [5.74, 6) is 0. The fourth-order valence-corrected chi connectivity index (χ4v) is 1.28. The third-order valence-electron chi connectivity index (χ3n) is 1.95. The molecule has 0 saturated carbocycles. The lowest BCUT2D eigenvalue weighted by Gasteiger charge is -2.10. The summed E-state index contributed by atoms with van der Waals surface area (Å²) in [6.07, 6.45) is 3.99. The van der Waals surface area contributed by atoms with Crippen molar-refractivity contribution in [1.82, 2.24) is 4.98 Å². The Balaban J connectivity index is 2.73. The Kier molecular flexibility index (Phi) is 3.23. The van der Waals surface area contributed by atoms with Crippen LogP contribution >= 0.6 is 0 Å². The second kappa shape index (κ2) is 4.21. The molecule has 0 fully saturated rings. The minimum absolute atomic E-state index is 0.177. The van der Waals surface area contributed by atoms with E-state index in [2.05, 4.69) is 18.0 Å². The van der Waals surface area contributed by atoms with Crippen LogP contribution in [0.5, 0.6) is 0 Å². The molecule has 0 radical (unpaired) electrons. The number of nitrogens with two attached hydrogens (primary N) is 1. The number of nitrogens with zero attached hydrogens (tertiary/aromatic N) is 1. The van der Waals surface area contributed by atoms with Gasteiger partial charge in [-0.2, -0.15) is 0 Å². The summed E-state index contributed by atoms with van der Waals surface area (Å²) < 4.78 is 0. The van der Waals surface area contributed by atoms with Crippen LogP contribution in [-0.2, 0) is 0 Å². The van der Waals surface area contributed by atoms with Crippen LogP contribution in [0.1, 0.15) is 37.1 Å². The first kappa shape index (κ1) is 9.20. The van der Waals surface area contributed by atoms with Crippen LogP contribution in [0.3, 0.4) is 0 Å². The number of aryl methyl sites for hydroxylation is 1. The van der Waals surface area contributed by atoms with Crippen molar-refractivity contribution < 1.29 is 0 Å². The molecule has 0 aliphatic heterocycles. The van der Waals surface area contributed by atoms with Gasteiger partial charge in [0.05, 0.1) is 0 Å². The lowest BCUT2D eigenvalue weighted by atomic mass is 10.0. The largest absolute Gasteiger partial charge is 0.324 e. The van der Waals surface area contributed by atoms with E-state index in [0.717, 1.165) is 18.5 Å². The molecular formula is C10H16N2. The standard InChI is InChI=1S/C10H16N2/c1-3-4-10(11)9-5-6-12-8(2)7-9/h5-7,10H,3-4,11H2,1-2H3. The molecule has 1 heterocycles. The van der Waals surface area contributed by atoms with E-state index in [1.807, 2.05) is 19.2 Å². The van der Waals surface area contributed by atoms with E-state index in [1.54, 1.807) is 0 Å². The van der Waals surface area contributed by atoms with Gasteiger partial charge >= 0.3 is 0 Å². The van der Waals surface area contributed by atoms with Gasteiger partial charge in [-0.25, -0.2) is 0 Å². The van der Waals surface area contributed by atoms with Crippen LogP contribution in [0, 0.1) is 6.92 Å². The first-order valence-corrected chi connectivity index (χ1v) is 4.42. The minimum atomic E-state index is 0.177. The smallest absolute Gasteiger partial charge is 0.0375 e. The van der Waals surface area contributed by atoms with Gasteiger partial charge < -0.3 is 5.73 Å². The zero-order valence-corrected chi connectivity index (χ0v) is 7.75. The van der Waals surface area contributed by atoms with Gasteiger partial charge in [0.2, 0.25) is 0 Å². The third kappa shape index (κ3) is 2.31. The van der Waals surface area contributed by atoms with Crippen molar-refractivity contribution in [3.63, 3.8) is 0 Å². The molecule has 0 spiro atoms. The van der Waals surface area contributed by atoms with Crippen molar-refractivity contribution >= 4 is 0 Å². The van der Waals surface area contributed by atoms with E-state index in [1.165, 1.54) is 5.56 Å². The van der Waals surface area contributed by atoms with Crippen molar-refractivity contribution in [3.8, 4) is 0 Å². The fraction of sp³-hybridized carbons (Fsp3) is 0.500. The first-order chi connectivity index (χ1) is 5.74. The van der Waals surface area contributed by atoms with Crippen LogP contribution < -0.4 is 5.73 Å². The Bertz CT molecular complexity index is 245. The van der Waals surface area contributed by atoms with Crippen LogP contribution in [0.2, 0.25) is 0 Å². The van der Waals surface area contributed by atoms with Gasteiger partial charge in [0.25, 0.3) is 0 Å². The van der Waals surface area contributed by atoms with Crippen molar-refractivity contribution in [2.24, 2.45) is 5.73 Å². The number of hydrogen-bond donors (Lipinski definition) is 1. The Hall–Kier alpha value is -0.890. The highest BCUT2D eigenvalue weighted by molar-refractivity contribution is 5.18. The molecule has 0 saturated heterocycles. The normalized spacial score (nSPS) is 12.9. The summed E-state index contributed by atoms with van der Waals surface area (Å²) in [7, 11) is 0. The van der Waals surface area contributed by atoms with Gasteiger partial charge in [-0.1, -0.05) is 13.3 Å². The second-order valence-electron chi connectivity index (χ2n) is 3.13. The predicted octanol–water partition coefficient (Wildman–Crippen LogP) is 2.19. The van der Waals surface area contributed by atoms with Crippen molar-refractivity contribution in [1.29, 1.82) is 0 Å². The van der Waals surface area contributed by atoms with E-state index in [9.17, 15) is 0 Å². The number of hydrogen-bond acceptors (Lipinski definition) is 2. The quantitative estimate of drug-likeness (QED) is 0.743. The second-order valence-corrected chi connectivity index (χ2v) is 3.13. The first-order valence-electron chi connectivity index (χ1n) is 4.42. The van der Waals surface area contributed by atoms with E-state index in [-0.39, 0.29) is 6.04 Å². The van der Waals surface area contributed by atoms with Crippen LogP contribution in [0.25, 0.3) is 0 Å². The predicted molar refractivity (Wildman–Crippen MR) is 50.8 cm³/mol. The molecule has 2 N–H and O–H groups in total. The van der Waals surface area contributed by atoms with Crippen molar-refractivity contribution in [2.45, 2.75) is 32.7 Å². The topological polar surface area (TPSA) is 38.9 Å². The molecule has 0 amide bonds. The summed E-state index contributed by atoms with van der Waals surface area (Å²) in [5.41, 5.74) is 8.19. The van der Waals surface area contributed by atoms with E-state index < -0.39 is 0 Å². The molecular weight excluding hydrogens is 148 g/mol. The molecule has 12 heavy (non-hydrogen) atoms. The van der Waals surface area contributed by atoms with E-state index in [0.29, 0.717) is 0 Å². The van der Waals surface area contributed by atoms with Gasteiger partial charge in [-0.15, -0.1) is 0 Å². The Morgan fingerprint density at radius 1 is 1.58 bits per heavy atom. The highest BCUT2D eigenvalue weighted by Crippen LogP contribution is 2.14. The Labute approximate surface area is 73.8 Å². The van der Waals surface area contributed by atoms with E-state index in [4.69, 9.17) is 5.73 Å². The van der Waals surface area contributed by atoms with Gasteiger partial charge in [0, 0.05) is 17.9 Å². The molecule has 0 aliphatic rings. The summed E-state index contributed by atoms with van der Waals surface area (Å²) >= 11 is 0. The summed E-state index contributed by atoms with van der Waals surface area (Å²) in [4.78, 5) is 4.13. The third-order valence-corrected chi connectivity index (χ3v) is 1.95. The molecule has 2 nitrogen and oxygen atoms in total. The molecule has 2 heteroatoms. The van der Waals surface area contributed by atoms with Gasteiger partial charge in [0.15, 0.2) is 0 Å². The Morgan fingerprint density at radius 2 is 2.33 bits per heavy atom. The van der Waals surface area contributed by atoms with Crippen LogP contribution in [0.4, 0.5) is 0 Å². The SMILES string of the molecule is CCCC(N)c1ccnc(C)c1.